The van der Waals surface area contributed by atoms with Crippen LogP contribution in [0.25, 0.3) is 0 Å². The van der Waals surface area contributed by atoms with Crippen molar-refractivity contribution in [3.8, 4) is 0 Å². The molecule has 0 amide bonds. The SMILES string of the molecule is C=C(C)C(=O)OCc1cccc(Cl)c1. The van der Waals surface area contributed by atoms with E-state index >= 15 is 0 Å². The van der Waals surface area contributed by atoms with E-state index < -0.39 is 0 Å². The van der Waals surface area contributed by atoms with Crippen LogP contribution in [0.15, 0.2) is 36.4 Å². The molecule has 0 aliphatic rings. The van der Waals surface area contributed by atoms with Crippen molar-refractivity contribution < 1.29 is 9.53 Å². The van der Waals surface area contributed by atoms with Gasteiger partial charge in [-0.2, -0.15) is 0 Å². The van der Waals surface area contributed by atoms with Gasteiger partial charge in [0, 0.05) is 10.6 Å². The molecule has 3 heteroatoms. The van der Waals surface area contributed by atoms with E-state index in [1.165, 1.54) is 0 Å². The van der Waals surface area contributed by atoms with Crippen molar-refractivity contribution >= 4 is 17.6 Å². The van der Waals surface area contributed by atoms with Crippen LogP contribution < -0.4 is 0 Å². The molecular formula is C11H11ClO2. The Labute approximate surface area is 88.1 Å². The zero-order chi connectivity index (χ0) is 10.6. The highest BCUT2D eigenvalue weighted by Crippen LogP contribution is 2.11. The molecule has 0 fully saturated rings. The lowest BCUT2D eigenvalue weighted by molar-refractivity contribution is -0.140. The first-order valence-corrected chi connectivity index (χ1v) is 4.54. The van der Waals surface area contributed by atoms with Gasteiger partial charge in [0.25, 0.3) is 0 Å². The second-order valence-corrected chi connectivity index (χ2v) is 3.42. The first-order chi connectivity index (χ1) is 6.59. The van der Waals surface area contributed by atoms with E-state index in [1.807, 2.05) is 12.1 Å². The summed E-state index contributed by atoms with van der Waals surface area (Å²) in [7, 11) is 0. The molecule has 0 aliphatic carbocycles. The van der Waals surface area contributed by atoms with E-state index in [0.717, 1.165) is 5.56 Å². The lowest BCUT2D eigenvalue weighted by Crippen LogP contribution is -2.04. The zero-order valence-electron chi connectivity index (χ0n) is 7.92. The topological polar surface area (TPSA) is 26.3 Å². The lowest BCUT2D eigenvalue weighted by atomic mass is 10.2. The number of esters is 1. The van der Waals surface area contributed by atoms with Gasteiger partial charge in [0.2, 0.25) is 0 Å². The first-order valence-electron chi connectivity index (χ1n) is 4.16. The van der Waals surface area contributed by atoms with Crippen LogP contribution in [0.5, 0.6) is 0 Å². The Morgan fingerprint density at radius 3 is 2.86 bits per heavy atom. The Morgan fingerprint density at radius 2 is 2.29 bits per heavy atom. The summed E-state index contributed by atoms with van der Waals surface area (Å²) < 4.78 is 4.95. The van der Waals surface area contributed by atoms with Crippen LogP contribution in [0.4, 0.5) is 0 Å². The molecule has 74 valence electrons. The summed E-state index contributed by atoms with van der Waals surface area (Å²) in [4.78, 5) is 11.0. The van der Waals surface area contributed by atoms with E-state index in [1.54, 1.807) is 19.1 Å². The van der Waals surface area contributed by atoms with E-state index in [2.05, 4.69) is 6.58 Å². The van der Waals surface area contributed by atoms with Crippen molar-refractivity contribution in [1.29, 1.82) is 0 Å². The van der Waals surface area contributed by atoms with Gasteiger partial charge in [-0.05, 0) is 24.6 Å². The van der Waals surface area contributed by atoms with Crippen molar-refractivity contribution in [1.82, 2.24) is 0 Å². The third kappa shape index (κ3) is 3.23. The molecule has 0 atom stereocenters. The summed E-state index contributed by atoms with van der Waals surface area (Å²) in [5.41, 5.74) is 1.26. The fourth-order valence-electron chi connectivity index (χ4n) is 0.899. The Hall–Kier alpha value is -1.28. The minimum Gasteiger partial charge on any atom is -0.457 e. The molecule has 0 heterocycles. The molecular weight excluding hydrogens is 200 g/mol. The smallest absolute Gasteiger partial charge is 0.333 e. The van der Waals surface area contributed by atoms with E-state index in [-0.39, 0.29) is 12.6 Å². The second-order valence-electron chi connectivity index (χ2n) is 2.99. The van der Waals surface area contributed by atoms with Crippen molar-refractivity contribution in [2.45, 2.75) is 13.5 Å². The van der Waals surface area contributed by atoms with E-state index in [9.17, 15) is 4.79 Å². The maximum absolute atomic E-state index is 11.0. The molecule has 0 saturated heterocycles. The van der Waals surface area contributed by atoms with Crippen LogP contribution in [0.3, 0.4) is 0 Å². The second kappa shape index (κ2) is 4.82. The highest BCUT2D eigenvalue weighted by Gasteiger charge is 2.03. The van der Waals surface area contributed by atoms with Gasteiger partial charge in [0.15, 0.2) is 0 Å². The van der Waals surface area contributed by atoms with Gasteiger partial charge in [-0.25, -0.2) is 4.79 Å². The average Bonchev–Trinajstić information content (AvgIpc) is 2.14. The molecule has 0 spiro atoms. The van der Waals surface area contributed by atoms with Gasteiger partial charge in [0.1, 0.15) is 6.61 Å². The monoisotopic (exact) mass is 210 g/mol. The van der Waals surface area contributed by atoms with Gasteiger partial charge in [-0.1, -0.05) is 30.3 Å². The Kier molecular flexibility index (Phi) is 3.72. The minimum absolute atomic E-state index is 0.228. The first kappa shape index (κ1) is 10.8. The summed E-state index contributed by atoms with van der Waals surface area (Å²) in [5.74, 6) is -0.384. The van der Waals surface area contributed by atoms with Crippen molar-refractivity contribution in [3.63, 3.8) is 0 Å². The van der Waals surface area contributed by atoms with Crippen LogP contribution in [-0.4, -0.2) is 5.97 Å². The molecule has 1 aromatic rings. The predicted molar refractivity (Wildman–Crippen MR) is 56.1 cm³/mol. The summed E-state index contributed by atoms with van der Waals surface area (Å²) in [5, 5.41) is 0.633. The normalized spacial score (nSPS) is 9.57. The maximum Gasteiger partial charge on any atom is 0.333 e. The van der Waals surface area contributed by atoms with Crippen molar-refractivity contribution in [3.05, 3.63) is 47.0 Å². The number of hydrogen-bond acceptors (Lipinski definition) is 2. The minimum atomic E-state index is -0.384. The average molecular weight is 211 g/mol. The fourth-order valence-corrected chi connectivity index (χ4v) is 1.11. The zero-order valence-corrected chi connectivity index (χ0v) is 8.67. The number of carbonyl (C=O) groups is 1. The Morgan fingerprint density at radius 1 is 1.57 bits per heavy atom. The molecule has 0 bridgehead atoms. The molecule has 1 aromatic carbocycles. The number of carbonyl (C=O) groups excluding carboxylic acids is 1. The molecule has 0 saturated carbocycles. The summed E-state index contributed by atoms with van der Waals surface area (Å²) >= 11 is 5.76. The van der Waals surface area contributed by atoms with Gasteiger partial charge >= 0.3 is 5.97 Å². The predicted octanol–water partition coefficient (Wildman–Crippen LogP) is 2.96. The molecule has 0 N–H and O–H groups in total. The maximum atomic E-state index is 11.0. The van der Waals surface area contributed by atoms with Crippen LogP contribution in [0, 0.1) is 0 Å². The number of benzene rings is 1. The molecule has 1 rings (SSSR count). The van der Waals surface area contributed by atoms with Crippen LogP contribution in [0.1, 0.15) is 12.5 Å². The van der Waals surface area contributed by atoms with E-state index in [0.29, 0.717) is 10.6 Å². The third-order valence-corrected chi connectivity index (χ3v) is 1.84. The Bertz CT molecular complexity index is 358. The molecule has 0 radical (unpaired) electrons. The molecule has 0 aromatic heterocycles. The number of ether oxygens (including phenoxy) is 1. The quantitative estimate of drug-likeness (QED) is 0.567. The fraction of sp³-hybridized carbons (Fsp3) is 0.182. The van der Waals surface area contributed by atoms with Crippen LogP contribution in [-0.2, 0) is 16.1 Å². The highest BCUT2D eigenvalue weighted by molar-refractivity contribution is 6.30. The Balaban J connectivity index is 2.54. The van der Waals surface area contributed by atoms with Crippen LogP contribution in [0.2, 0.25) is 5.02 Å². The lowest BCUT2D eigenvalue weighted by Gasteiger charge is -2.04. The van der Waals surface area contributed by atoms with Crippen molar-refractivity contribution in [2.24, 2.45) is 0 Å². The van der Waals surface area contributed by atoms with Crippen LogP contribution >= 0.6 is 11.6 Å². The van der Waals surface area contributed by atoms with Gasteiger partial charge < -0.3 is 4.74 Å². The standard InChI is InChI=1S/C11H11ClO2/c1-8(2)11(13)14-7-9-4-3-5-10(12)6-9/h3-6H,1,7H2,2H3. The highest BCUT2D eigenvalue weighted by atomic mass is 35.5. The largest absolute Gasteiger partial charge is 0.457 e. The van der Waals surface area contributed by atoms with Gasteiger partial charge in [-0.3, -0.25) is 0 Å². The molecule has 0 unspecified atom stereocenters. The number of halogens is 1. The van der Waals surface area contributed by atoms with Gasteiger partial charge in [0.05, 0.1) is 0 Å². The summed E-state index contributed by atoms with van der Waals surface area (Å²) in [6.45, 7) is 5.32. The van der Waals surface area contributed by atoms with Gasteiger partial charge in [-0.15, -0.1) is 0 Å². The van der Waals surface area contributed by atoms with E-state index in [4.69, 9.17) is 16.3 Å². The summed E-state index contributed by atoms with van der Waals surface area (Å²) in [6, 6.07) is 7.18. The molecule has 14 heavy (non-hydrogen) atoms. The molecule has 2 nitrogen and oxygen atoms in total. The summed E-state index contributed by atoms with van der Waals surface area (Å²) in [6.07, 6.45) is 0. The number of rotatable bonds is 3. The molecule has 0 aliphatic heterocycles. The van der Waals surface area contributed by atoms with Crippen molar-refractivity contribution in [2.75, 3.05) is 0 Å². The number of hydrogen-bond donors (Lipinski definition) is 0. The third-order valence-electron chi connectivity index (χ3n) is 1.61.